The first-order valence-corrected chi connectivity index (χ1v) is 23.2. The molecular formula is C53H82O6. The van der Waals surface area contributed by atoms with Crippen LogP contribution in [0.5, 0.6) is 0 Å². The van der Waals surface area contributed by atoms with E-state index in [0.717, 1.165) is 109 Å². The minimum Gasteiger partial charge on any atom is -0.462 e. The van der Waals surface area contributed by atoms with Gasteiger partial charge in [-0.15, -0.1) is 0 Å². The maximum Gasteiger partial charge on any atom is 0.306 e. The van der Waals surface area contributed by atoms with E-state index >= 15 is 0 Å². The van der Waals surface area contributed by atoms with Crippen LogP contribution in [0, 0.1) is 0 Å². The van der Waals surface area contributed by atoms with Crippen LogP contribution in [0.2, 0.25) is 0 Å². The molecule has 0 spiro atoms. The van der Waals surface area contributed by atoms with Gasteiger partial charge in [0.25, 0.3) is 0 Å². The van der Waals surface area contributed by atoms with Gasteiger partial charge < -0.3 is 14.2 Å². The summed E-state index contributed by atoms with van der Waals surface area (Å²) in [5, 5.41) is 0. The summed E-state index contributed by atoms with van der Waals surface area (Å²) in [5.74, 6) is -0.999. The predicted molar refractivity (Wildman–Crippen MR) is 251 cm³/mol. The number of allylic oxidation sites excluding steroid dienone is 20. The summed E-state index contributed by atoms with van der Waals surface area (Å²) >= 11 is 0. The number of unbranched alkanes of at least 4 members (excludes halogenated alkanes) is 15. The highest BCUT2D eigenvalue weighted by Crippen LogP contribution is 2.12. The van der Waals surface area contributed by atoms with Crippen molar-refractivity contribution in [1.29, 1.82) is 0 Å². The Morgan fingerprint density at radius 2 is 0.678 bits per heavy atom. The fraction of sp³-hybridized carbons (Fsp3) is 0.566. The predicted octanol–water partition coefficient (Wildman–Crippen LogP) is 15.0. The van der Waals surface area contributed by atoms with Gasteiger partial charge in [-0.1, -0.05) is 200 Å². The molecule has 0 rings (SSSR count). The Labute approximate surface area is 361 Å². The SMILES string of the molecule is CC\C=C/C=C\C=C/C=C\C=C\C=C/CCCCCC(=O)OCC(COC(=O)CCCCCCC/C=C\CCCC)OC(=O)CCCCCCC\C=C/C=C\C=C/CC. The fourth-order valence-corrected chi connectivity index (χ4v) is 5.69. The molecule has 0 aromatic heterocycles. The van der Waals surface area contributed by atoms with Crippen molar-refractivity contribution in [2.24, 2.45) is 0 Å². The van der Waals surface area contributed by atoms with Crippen LogP contribution in [0.15, 0.2) is 122 Å². The summed E-state index contributed by atoms with van der Waals surface area (Å²) in [6, 6.07) is 0. The lowest BCUT2D eigenvalue weighted by atomic mass is 10.1. The van der Waals surface area contributed by atoms with Gasteiger partial charge in [-0.25, -0.2) is 0 Å². The smallest absolute Gasteiger partial charge is 0.306 e. The number of carbonyl (C=O) groups is 3. The Hall–Kier alpha value is -4.19. The molecule has 0 aliphatic heterocycles. The molecule has 0 radical (unpaired) electrons. The lowest BCUT2D eigenvalue weighted by Crippen LogP contribution is -2.30. The van der Waals surface area contributed by atoms with Gasteiger partial charge in [-0.3, -0.25) is 14.4 Å². The molecule has 1 unspecified atom stereocenters. The zero-order valence-electron chi connectivity index (χ0n) is 37.5. The monoisotopic (exact) mass is 815 g/mol. The van der Waals surface area contributed by atoms with Crippen LogP contribution in [0.3, 0.4) is 0 Å². The first-order valence-electron chi connectivity index (χ1n) is 23.2. The Morgan fingerprint density at radius 1 is 0.356 bits per heavy atom. The number of rotatable bonds is 39. The molecule has 6 heteroatoms. The molecule has 0 amide bonds. The van der Waals surface area contributed by atoms with E-state index in [4.69, 9.17) is 14.2 Å². The second-order valence-electron chi connectivity index (χ2n) is 14.8. The average molecular weight is 815 g/mol. The maximum atomic E-state index is 12.7. The normalized spacial score (nSPS) is 13.2. The van der Waals surface area contributed by atoms with Gasteiger partial charge >= 0.3 is 17.9 Å². The second-order valence-corrected chi connectivity index (χ2v) is 14.8. The Morgan fingerprint density at radius 3 is 1.10 bits per heavy atom. The van der Waals surface area contributed by atoms with Gasteiger partial charge in [0, 0.05) is 19.3 Å². The van der Waals surface area contributed by atoms with Crippen molar-refractivity contribution in [2.45, 2.75) is 181 Å². The molecule has 0 aromatic carbocycles. The average Bonchev–Trinajstić information content (AvgIpc) is 3.23. The molecule has 0 aliphatic carbocycles. The van der Waals surface area contributed by atoms with Gasteiger partial charge in [0.1, 0.15) is 13.2 Å². The van der Waals surface area contributed by atoms with Crippen molar-refractivity contribution in [3.63, 3.8) is 0 Å². The van der Waals surface area contributed by atoms with Crippen molar-refractivity contribution in [2.75, 3.05) is 13.2 Å². The third-order valence-corrected chi connectivity index (χ3v) is 9.15. The molecule has 0 aliphatic rings. The molecule has 6 nitrogen and oxygen atoms in total. The third kappa shape index (κ3) is 44.8. The highest BCUT2D eigenvalue weighted by atomic mass is 16.6. The van der Waals surface area contributed by atoms with Crippen LogP contribution in [0.1, 0.15) is 175 Å². The molecule has 1 atom stereocenters. The summed E-state index contributed by atoms with van der Waals surface area (Å²) in [4.78, 5) is 37.8. The van der Waals surface area contributed by atoms with E-state index in [9.17, 15) is 14.4 Å². The van der Waals surface area contributed by atoms with Crippen LogP contribution in [-0.2, 0) is 28.6 Å². The third-order valence-electron chi connectivity index (χ3n) is 9.15. The molecule has 0 N–H and O–H groups in total. The van der Waals surface area contributed by atoms with Gasteiger partial charge in [0.2, 0.25) is 0 Å². The summed E-state index contributed by atoms with van der Waals surface area (Å²) in [5.41, 5.74) is 0. The summed E-state index contributed by atoms with van der Waals surface area (Å²) < 4.78 is 16.7. The van der Waals surface area contributed by atoms with Gasteiger partial charge in [0.05, 0.1) is 0 Å². The number of hydrogen-bond donors (Lipinski definition) is 0. The lowest BCUT2D eigenvalue weighted by molar-refractivity contribution is -0.167. The van der Waals surface area contributed by atoms with Crippen LogP contribution >= 0.6 is 0 Å². The van der Waals surface area contributed by atoms with Crippen molar-refractivity contribution >= 4 is 17.9 Å². The number of hydrogen-bond acceptors (Lipinski definition) is 6. The number of ether oxygens (including phenoxy) is 3. The minimum atomic E-state index is -0.812. The van der Waals surface area contributed by atoms with E-state index in [2.05, 4.69) is 75.5 Å². The number of esters is 3. The molecule has 0 aromatic rings. The van der Waals surface area contributed by atoms with Crippen LogP contribution in [0.4, 0.5) is 0 Å². The summed E-state index contributed by atoms with van der Waals surface area (Å²) in [6.45, 7) is 6.22. The molecular weight excluding hydrogens is 733 g/mol. The standard InChI is InChI=1S/C53H82O6/c1-4-7-10-13-16-19-22-24-25-26-27-29-31-34-37-40-43-46-52(55)58-49-50(48-57-51(54)45-42-39-36-33-30-21-18-15-12-9-6-3)59-53(56)47-44-41-38-35-32-28-23-20-17-14-11-8-5-2/h7-8,10-11,13-20,22-27,29,31,50H,4-6,9,12,21,28,30,32-49H2,1-3H3/b10-7-,11-8-,16-13-,17-14-,18-15-,22-19-,23-20-,25-24-,27-26+,31-29-. The lowest BCUT2D eigenvalue weighted by Gasteiger charge is -2.18. The zero-order valence-corrected chi connectivity index (χ0v) is 37.5. The van der Waals surface area contributed by atoms with Gasteiger partial charge in [0.15, 0.2) is 6.10 Å². The van der Waals surface area contributed by atoms with Crippen LogP contribution in [0.25, 0.3) is 0 Å². The molecule has 0 bridgehead atoms. The highest BCUT2D eigenvalue weighted by Gasteiger charge is 2.19. The van der Waals surface area contributed by atoms with E-state index in [1.54, 1.807) is 0 Å². The fourth-order valence-electron chi connectivity index (χ4n) is 5.69. The molecule has 0 saturated carbocycles. The van der Waals surface area contributed by atoms with E-state index in [1.807, 2.05) is 66.8 Å². The molecule has 0 saturated heterocycles. The largest absolute Gasteiger partial charge is 0.462 e. The van der Waals surface area contributed by atoms with E-state index in [0.29, 0.717) is 12.8 Å². The zero-order chi connectivity index (χ0) is 43.0. The quantitative estimate of drug-likeness (QED) is 0.0202. The van der Waals surface area contributed by atoms with Crippen molar-refractivity contribution in [3.05, 3.63) is 122 Å². The van der Waals surface area contributed by atoms with E-state index < -0.39 is 6.10 Å². The van der Waals surface area contributed by atoms with E-state index in [1.165, 1.54) is 25.7 Å². The minimum absolute atomic E-state index is 0.110. The van der Waals surface area contributed by atoms with Crippen LogP contribution in [-0.4, -0.2) is 37.2 Å². The van der Waals surface area contributed by atoms with Crippen molar-refractivity contribution in [1.82, 2.24) is 0 Å². The first kappa shape index (κ1) is 54.8. The Kier molecular flexibility index (Phi) is 43.2. The van der Waals surface area contributed by atoms with E-state index in [-0.39, 0.29) is 37.5 Å². The van der Waals surface area contributed by atoms with Gasteiger partial charge in [-0.05, 0) is 77.0 Å². The molecule has 59 heavy (non-hydrogen) atoms. The Bertz CT molecular complexity index is 1300. The molecule has 0 fully saturated rings. The van der Waals surface area contributed by atoms with Crippen molar-refractivity contribution in [3.8, 4) is 0 Å². The molecule has 0 heterocycles. The number of carbonyl (C=O) groups excluding carboxylic acids is 3. The summed E-state index contributed by atoms with van der Waals surface area (Å²) in [7, 11) is 0. The Balaban J connectivity index is 4.54. The van der Waals surface area contributed by atoms with Gasteiger partial charge in [-0.2, -0.15) is 0 Å². The summed E-state index contributed by atoms with van der Waals surface area (Å²) in [6.07, 6.45) is 63.2. The van der Waals surface area contributed by atoms with Crippen LogP contribution < -0.4 is 0 Å². The maximum absolute atomic E-state index is 12.7. The molecule has 330 valence electrons. The first-order chi connectivity index (χ1) is 29.0. The topological polar surface area (TPSA) is 78.9 Å². The van der Waals surface area contributed by atoms with Crippen molar-refractivity contribution < 1.29 is 28.6 Å². The highest BCUT2D eigenvalue weighted by molar-refractivity contribution is 5.71. The second kappa shape index (κ2) is 46.5.